The van der Waals surface area contributed by atoms with Crippen LogP contribution in [0.5, 0.6) is 0 Å². The topological polar surface area (TPSA) is 69.6 Å². The molecule has 0 spiro atoms. The van der Waals surface area contributed by atoms with E-state index in [0.29, 0.717) is 12.0 Å². The number of hydrogen-bond donors (Lipinski definition) is 2. The summed E-state index contributed by atoms with van der Waals surface area (Å²) in [6.45, 7) is 4.32. The molecule has 2 rings (SSSR count). The molecule has 1 heterocycles. The lowest BCUT2D eigenvalue weighted by molar-refractivity contribution is -0.138. The number of urea groups is 1. The number of carbonyl (C=O) groups excluding carboxylic acids is 1. The first-order valence-electron chi connectivity index (χ1n) is 6.18. The molecule has 1 aliphatic heterocycles. The highest BCUT2D eigenvalue weighted by Gasteiger charge is 2.41. The Kier molecular flexibility index (Phi) is 3.02. The fourth-order valence-electron chi connectivity index (χ4n) is 2.96. The van der Waals surface area contributed by atoms with Gasteiger partial charge in [0.1, 0.15) is 0 Å². The zero-order chi connectivity index (χ0) is 12.6. The third kappa shape index (κ3) is 2.70. The van der Waals surface area contributed by atoms with Crippen LogP contribution in [0.25, 0.3) is 0 Å². The molecule has 17 heavy (non-hydrogen) atoms. The predicted octanol–water partition coefficient (Wildman–Crippen LogP) is 1.43. The molecule has 0 aromatic heterocycles. The Labute approximate surface area is 101 Å². The third-order valence-electron chi connectivity index (χ3n) is 3.71. The number of fused-ring (bicyclic) bond motifs is 2. The van der Waals surface area contributed by atoms with Gasteiger partial charge in [0.2, 0.25) is 0 Å². The summed E-state index contributed by atoms with van der Waals surface area (Å²) < 4.78 is 0. The molecule has 2 bridgehead atoms. The van der Waals surface area contributed by atoms with Crippen LogP contribution >= 0.6 is 0 Å². The SMILES string of the molecule is CC(C)(CC(=O)O)NC(=O)N1CC2CCC1C2. The van der Waals surface area contributed by atoms with Gasteiger partial charge in [-0.25, -0.2) is 4.79 Å². The second-order valence-corrected chi connectivity index (χ2v) is 5.87. The van der Waals surface area contributed by atoms with Crippen LogP contribution in [-0.4, -0.2) is 40.1 Å². The smallest absolute Gasteiger partial charge is 0.318 e. The fourth-order valence-corrected chi connectivity index (χ4v) is 2.96. The average molecular weight is 240 g/mol. The Bertz CT molecular complexity index is 341. The van der Waals surface area contributed by atoms with E-state index in [9.17, 15) is 9.59 Å². The summed E-state index contributed by atoms with van der Waals surface area (Å²) in [6, 6.07) is 0.268. The van der Waals surface area contributed by atoms with Crippen LogP contribution < -0.4 is 5.32 Å². The number of nitrogens with one attached hydrogen (secondary N) is 1. The molecule has 2 N–H and O–H groups in total. The number of nitrogens with zero attached hydrogens (tertiary/aromatic N) is 1. The summed E-state index contributed by atoms with van der Waals surface area (Å²) in [7, 11) is 0. The number of amides is 2. The molecule has 1 aliphatic carbocycles. The molecule has 0 radical (unpaired) electrons. The summed E-state index contributed by atoms with van der Waals surface area (Å²) in [5.74, 6) is -0.230. The number of carboxylic acid groups (broad SMARTS) is 1. The van der Waals surface area contributed by atoms with Crippen molar-refractivity contribution in [2.45, 2.75) is 51.1 Å². The molecular formula is C12H20N2O3. The molecule has 1 saturated carbocycles. The molecule has 0 aromatic carbocycles. The highest BCUT2D eigenvalue weighted by atomic mass is 16.4. The minimum atomic E-state index is -0.891. The minimum Gasteiger partial charge on any atom is -0.481 e. The van der Waals surface area contributed by atoms with Gasteiger partial charge in [0.15, 0.2) is 0 Å². The highest BCUT2D eigenvalue weighted by molar-refractivity contribution is 5.77. The number of likely N-dealkylation sites (tertiary alicyclic amines) is 1. The Hall–Kier alpha value is -1.26. The van der Waals surface area contributed by atoms with Crippen LogP contribution in [0.2, 0.25) is 0 Å². The van der Waals surface area contributed by atoms with Crippen molar-refractivity contribution < 1.29 is 14.7 Å². The number of rotatable bonds is 3. The molecular weight excluding hydrogens is 220 g/mol. The van der Waals surface area contributed by atoms with Gasteiger partial charge in [0.25, 0.3) is 0 Å². The van der Waals surface area contributed by atoms with Crippen LogP contribution in [0.4, 0.5) is 4.79 Å². The van der Waals surface area contributed by atoms with E-state index in [2.05, 4.69) is 5.32 Å². The number of aliphatic carboxylic acids is 1. The summed E-state index contributed by atoms with van der Waals surface area (Å²) in [6.07, 6.45) is 3.39. The normalized spacial score (nSPS) is 27.3. The van der Waals surface area contributed by atoms with Crippen molar-refractivity contribution in [2.75, 3.05) is 6.54 Å². The lowest BCUT2D eigenvalue weighted by atomic mass is 10.0. The van der Waals surface area contributed by atoms with Crippen LogP contribution in [0.1, 0.15) is 39.5 Å². The lowest BCUT2D eigenvalue weighted by Gasteiger charge is -2.32. The maximum atomic E-state index is 12.1. The molecule has 5 nitrogen and oxygen atoms in total. The van der Waals surface area contributed by atoms with E-state index in [1.54, 1.807) is 13.8 Å². The van der Waals surface area contributed by atoms with Gasteiger partial charge in [0.05, 0.1) is 6.42 Å². The van der Waals surface area contributed by atoms with E-state index in [4.69, 9.17) is 5.11 Å². The molecule has 5 heteroatoms. The quantitative estimate of drug-likeness (QED) is 0.784. The zero-order valence-electron chi connectivity index (χ0n) is 10.4. The van der Waals surface area contributed by atoms with Crippen LogP contribution in [0, 0.1) is 5.92 Å². The summed E-state index contributed by atoms with van der Waals surface area (Å²) in [4.78, 5) is 24.6. The number of carboxylic acids is 1. The average Bonchev–Trinajstić information content (AvgIpc) is 2.74. The van der Waals surface area contributed by atoms with E-state index >= 15 is 0 Å². The maximum Gasteiger partial charge on any atom is 0.318 e. The van der Waals surface area contributed by atoms with Crippen molar-refractivity contribution >= 4 is 12.0 Å². The maximum absolute atomic E-state index is 12.1. The molecule has 96 valence electrons. The van der Waals surface area contributed by atoms with E-state index in [0.717, 1.165) is 19.4 Å². The zero-order valence-corrected chi connectivity index (χ0v) is 10.4. The summed E-state index contributed by atoms with van der Waals surface area (Å²) in [5.41, 5.74) is -0.690. The second-order valence-electron chi connectivity index (χ2n) is 5.87. The van der Waals surface area contributed by atoms with Crippen molar-refractivity contribution in [3.8, 4) is 0 Å². The Morgan fingerprint density at radius 2 is 2.12 bits per heavy atom. The Morgan fingerprint density at radius 3 is 2.59 bits per heavy atom. The Balaban J connectivity index is 1.91. The van der Waals surface area contributed by atoms with Crippen LogP contribution in [-0.2, 0) is 4.79 Å². The van der Waals surface area contributed by atoms with Crippen LogP contribution in [0.15, 0.2) is 0 Å². The summed E-state index contributed by atoms with van der Waals surface area (Å²) >= 11 is 0. The van der Waals surface area contributed by atoms with Gasteiger partial charge in [-0.1, -0.05) is 0 Å². The number of carbonyl (C=O) groups is 2. The van der Waals surface area contributed by atoms with Gasteiger partial charge in [-0.2, -0.15) is 0 Å². The largest absolute Gasteiger partial charge is 0.481 e. The van der Waals surface area contributed by atoms with Gasteiger partial charge in [-0.3, -0.25) is 4.79 Å². The molecule has 2 atom stereocenters. The van der Waals surface area contributed by atoms with E-state index in [-0.39, 0.29) is 12.5 Å². The van der Waals surface area contributed by atoms with E-state index < -0.39 is 11.5 Å². The van der Waals surface area contributed by atoms with Crippen molar-refractivity contribution in [1.29, 1.82) is 0 Å². The minimum absolute atomic E-state index is 0.0549. The molecule has 0 aromatic rings. The van der Waals surface area contributed by atoms with Gasteiger partial charge >= 0.3 is 12.0 Å². The highest BCUT2D eigenvalue weighted by Crippen LogP contribution is 2.37. The van der Waals surface area contributed by atoms with Gasteiger partial charge in [-0.15, -0.1) is 0 Å². The van der Waals surface area contributed by atoms with Gasteiger partial charge in [-0.05, 0) is 39.0 Å². The van der Waals surface area contributed by atoms with Crippen molar-refractivity contribution in [1.82, 2.24) is 10.2 Å². The predicted molar refractivity (Wildman–Crippen MR) is 62.7 cm³/mol. The van der Waals surface area contributed by atoms with Gasteiger partial charge < -0.3 is 15.3 Å². The standard InChI is InChI=1S/C12H20N2O3/c1-12(2,6-10(15)16)13-11(17)14-7-8-3-4-9(14)5-8/h8-9H,3-7H2,1-2H3,(H,13,17)(H,15,16). The van der Waals surface area contributed by atoms with Crippen molar-refractivity contribution in [3.05, 3.63) is 0 Å². The monoisotopic (exact) mass is 240 g/mol. The first-order chi connectivity index (χ1) is 7.87. The summed E-state index contributed by atoms with van der Waals surface area (Å²) in [5, 5.41) is 11.6. The molecule has 1 saturated heterocycles. The first-order valence-corrected chi connectivity index (χ1v) is 6.18. The third-order valence-corrected chi connectivity index (χ3v) is 3.71. The first kappa shape index (κ1) is 12.2. The lowest BCUT2D eigenvalue weighted by Crippen LogP contribution is -2.52. The molecule has 2 unspecified atom stereocenters. The van der Waals surface area contributed by atoms with Crippen molar-refractivity contribution in [3.63, 3.8) is 0 Å². The van der Waals surface area contributed by atoms with Crippen LogP contribution in [0.3, 0.4) is 0 Å². The Morgan fingerprint density at radius 1 is 1.41 bits per heavy atom. The molecule has 2 amide bonds. The van der Waals surface area contributed by atoms with E-state index in [1.165, 1.54) is 6.42 Å². The number of hydrogen-bond acceptors (Lipinski definition) is 2. The fraction of sp³-hybridized carbons (Fsp3) is 0.833. The number of piperidine rings is 1. The molecule has 2 aliphatic rings. The van der Waals surface area contributed by atoms with Gasteiger partial charge in [0, 0.05) is 18.1 Å². The van der Waals surface area contributed by atoms with Crippen molar-refractivity contribution in [2.24, 2.45) is 5.92 Å². The second kappa shape index (κ2) is 4.20. The van der Waals surface area contributed by atoms with E-state index in [1.807, 2.05) is 4.90 Å². The molecule has 2 fully saturated rings.